The van der Waals surface area contributed by atoms with Crippen molar-refractivity contribution in [3.05, 3.63) is 46.2 Å². The van der Waals surface area contributed by atoms with Gasteiger partial charge in [-0.3, -0.25) is 0 Å². The van der Waals surface area contributed by atoms with Crippen LogP contribution in [-0.4, -0.2) is 15.8 Å². The molecule has 1 aromatic heterocycles. The first-order valence-corrected chi connectivity index (χ1v) is 6.74. The van der Waals surface area contributed by atoms with Gasteiger partial charge in [-0.25, -0.2) is 4.68 Å². The molecule has 114 valence electrons. The molecule has 0 aliphatic heterocycles. The number of benzene rings is 1. The molecule has 0 aliphatic carbocycles. The van der Waals surface area contributed by atoms with Crippen LogP contribution in [0.3, 0.4) is 0 Å². The fraction of sp³-hybridized carbons (Fsp3) is 0.357. The number of nitrogens with two attached hydrogens (primary N) is 1. The molecule has 2 aromatic rings. The van der Waals surface area contributed by atoms with E-state index in [-0.39, 0.29) is 11.7 Å². The van der Waals surface area contributed by atoms with Crippen LogP contribution in [0.1, 0.15) is 23.7 Å². The van der Waals surface area contributed by atoms with E-state index in [9.17, 15) is 13.2 Å². The molecule has 0 saturated heterocycles. The molecule has 0 bridgehead atoms. The molecule has 1 unspecified atom stereocenters. The summed E-state index contributed by atoms with van der Waals surface area (Å²) in [5.41, 5.74) is 5.85. The van der Waals surface area contributed by atoms with Crippen molar-refractivity contribution in [1.29, 1.82) is 0 Å². The second kappa shape index (κ2) is 5.69. The summed E-state index contributed by atoms with van der Waals surface area (Å²) in [4.78, 5) is 0. The van der Waals surface area contributed by atoms with E-state index >= 15 is 0 Å². The van der Waals surface area contributed by atoms with E-state index in [4.69, 9.17) is 17.3 Å². The van der Waals surface area contributed by atoms with Crippen LogP contribution < -0.4 is 5.73 Å². The predicted octanol–water partition coefficient (Wildman–Crippen LogP) is 3.74. The fourth-order valence-corrected chi connectivity index (χ4v) is 2.20. The average molecular weight is 318 g/mol. The molecule has 0 radical (unpaired) electrons. The van der Waals surface area contributed by atoms with E-state index < -0.39 is 11.7 Å². The second-order valence-corrected chi connectivity index (χ2v) is 5.44. The molecule has 7 heteroatoms. The van der Waals surface area contributed by atoms with Crippen LogP contribution in [0.25, 0.3) is 5.69 Å². The summed E-state index contributed by atoms with van der Waals surface area (Å²) in [6.07, 6.45) is -2.73. The topological polar surface area (TPSA) is 43.8 Å². The van der Waals surface area contributed by atoms with Gasteiger partial charge >= 0.3 is 6.18 Å². The number of nitrogens with zero attached hydrogens (tertiary/aromatic N) is 2. The van der Waals surface area contributed by atoms with Crippen LogP contribution in [0.15, 0.2) is 24.4 Å². The van der Waals surface area contributed by atoms with Crippen molar-refractivity contribution >= 4 is 11.6 Å². The molecule has 2 rings (SSSR count). The molecule has 1 heterocycles. The minimum Gasteiger partial charge on any atom is -0.328 e. The van der Waals surface area contributed by atoms with Crippen LogP contribution in [0.5, 0.6) is 0 Å². The van der Waals surface area contributed by atoms with Gasteiger partial charge in [0.1, 0.15) is 0 Å². The monoisotopic (exact) mass is 317 g/mol. The van der Waals surface area contributed by atoms with Crippen molar-refractivity contribution in [2.45, 2.75) is 32.5 Å². The molecule has 0 amide bonds. The minimum absolute atomic E-state index is 0.0501. The minimum atomic E-state index is -4.48. The maximum atomic E-state index is 13.3. The van der Waals surface area contributed by atoms with Crippen molar-refractivity contribution < 1.29 is 13.2 Å². The van der Waals surface area contributed by atoms with Crippen LogP contribution in [0.2, 0.25) is 5.02 Å². The summed E-state index contributed by atoms with van der Waals surface area (Å²) >= 11 is 5.86. The first kappa shape index (κ1) is 15.9. The van der Waals surface area contributed by atoms with E-state index in [0.29, 0.717) is 22.7 Å². The van der Waals surface area contributed by atoms with Crippen LogP contribution in [0.4, 0.5) is 13.2 Å². The Kier molecular flexibility index (Phi) is 4.30. The summed E-state index contributed by atoms with van der Waals surface area (Å²) in [6.45, 7) is 3.38. The van der Waals surface area contributed by atoms with Crippen molar-refractivity contribution in [2.24, 2.45) is 5.73 Å². The molecule has 0 aliphatic rings. The number of aryl methyl sites for hydroxylation is 1. The highest BCUT2D eigenvalue weighted by Gasteiger charge is 2.34. The lowest BCUT2D eigenvalue weighted by Gasteiger charge is -2.15. The van der Waals surface area contributed by atoms with Crippen LogP contribution >= 0.6 is 11.6 Å². The third-order valence-electron chi connectivity index (χ3n) is 3.01. The first-order chi connectivity index (χ1) is 9.68. The highest BCUT2D eigenvalue weighted by Crippen LogP contribution is 2.35. The molecule has 1 atom stereocenters. The van der Waals surface area contributed by atoms with E-state index in [1.165, 1.54) is 12.3 Å². The van der Waals surface area contributed by atoms with Crippen molar-refractivity contribution in [2.75, 3.05) is 0 Å². The molecule has 2 N–H and O–H groups in total. The highest BCUT2D eigenvalue weighted by molar-refractivity contribution is 6.31. The maximum absolute atomic E-state index is 13.3. The lowest BCUT2D eigenvalue weighted by Crippen LogP contribution is -2.19. The average Bonchev–Trinajstić information content (AvgIpc) is 2.67. The third-order valence-corrected chi connectivity index (χ3v) is 3.38. The van der Waals surface area contributed by atoms with E-state index in [2.05, 4.69) is 5.10 Å². The van der Waals surface area contributed by atoms with E-state index in [1.54, 1.807) is 19.9 Å². The Balaban J connectivity index is 2.55. The van der Waals surface area contributed by atoms with Gasteiger partial charge < -0.3 is 5.73 Å². The molecule has 0 spiro atoms. The number of hydrogen-bond acceptors (Lipinski definition) is 2. The smallest absolute Gasteiger partial charge is 0.328 e. The Morgan fingerprint density at radius 2 is 2.05 bits per heavy atom. The summed E-state index contributed by atoms with van der Waals surface area (Å²) in [6, 6.07) is 3.92. The molecule has 1 aromatic carbocycles. The van der Waals surface area contributed by atoms with Gasteiger partial charge in [0.05, 0.1) is 22.0 Å². The summed E-state index contributed by atoms with van der Waals surface area (Å²) in [7, 11) is 0. The standard InChI is InChI=1S/C14H15ClF3N3/c1-8(19)5-10-3-4-13(11(6-10)14(16,17)18)21-7-12(15)9(2)20-21/h3-4,6-8H,5,19H2,1-2H3. The van der Waals surface area contributed by atoms with Crippen LogP contribution in [0, 0.1) is 6.92 Å². The fourth-order valence-electron chi connectivity index (χ4n) is 2.07. The molecule has 0 fully saturated rings. The number of halogens is 4. The Hall–Kier alpha value is -1.53. The Morgan fingerprint density at radius 3 is 2.52 bits per heavy atom. The van der Waals surface area contributed by atoms with E-state index in [1.807, 2.05) is 0 Å². The van der Waals surface area contributed by atoms with Gasteiger partial charge in [0.25, 0.3) is 0 Å². The molecule has 3 nitrogen and oxygen atoms in total. The number of hydrogen-bond donors (Lipinski definition) is 1. The number of alkyl halides is 3. The zero-order chi connectivity index (χ0) is 15.8. The highest BCUT2D eigenvalue weighted by atomic mass is 35.5. The first-order valence-electron chi connectivity index (χ1n) is 6.36. The van der Waals surface area contributed by atoms with Gasteiger partial charge in [0.15, 0.2) is 0 Å². The third kappa shape index (κ3) is 3.57. The molecular formula is C14H15ClF3N3. The summed E-state index contributed by atoms with van der Waals surface area (Å²) < 4.78 is 40.9. The van der Waals surface area contributed by atoms with Gasteiger partial charge in [-0.2, -0.15) is 18.3 Å². The predicted molar refractivity (Wildman–Crippen MR) is 75.7 cm³/mol. The van der Waals surface area contributed by atoms with E-state index in [0.717, 1.165) is 10.7 Å². The summed E-state index contributed by atoms with van der Waals surface area (Å²) in [5.74, 6) is 0. The SMILES string of the molecule is Cc1nn(-c2ccc(CC(C)N)cc2C(F)(F)F)cc1Cl. The largest absolute Gasteiger partial charge is 0.418 e. The molecule has 21 heavy (non-hydrogen) atoms. The Morgan fingerprint density at radius 1 is 1.38 bits per heavy atom. The zero-order valence-electron chi connectivity index (χ0n) is 11.6. The second-order valence-electron chi connectivity index (χ2n) is 5.04. The molecule has 0 saturated carbocycles. The number of rotatable bonds is 3. The van der Waals surface area contributed by atoms with Crippen molar-refractivity contribution in [1.82, 2.24) is 9.78 Å². The van der Waals surface area contributed by atoms with Crippen molar-refractivity contribution in [3.8, 4) is 5.69 Å². The zero-order valence-corrected chi connectivity index (χ0v) is 12.3. The van der Waals surface area contributed by atoms with Gasteiger partial charge in [0.2, 0.25) is 0 Å². The Labute approximate surface area is 125 Å². The van der Waals surface area contributed by atoms with Gasteiger partial charge in [0, 0.05) is 12.2 Å². The van der Waals surface area contributed by atoms with Crippen molar-refractivity contribution in [3.63, 3.8) is 0 Å². The Bertz CT molecular complexity index is 628. The lowest BCUT2D eigenvalue weighted by atomic mass is 10.0. The number of aromatic nitrogens is 2. The van der Waals surface area contributed by atoms with Gasteiger partial charge in [-0.1, -0.05) is 17.7 Å². The lowest BCUT2D eigenvalue weighted by molar-refractivity contribution is -0.137. The maximum Gasteiger partial charge on any atom is 0.418 e. The van der Waals surface area contributed by atoms with Crippen LogP contribution in [-0.2, 0) is 12.6 Å². The quantitative estimate of drug-likeness (QED) is 0.937. The summed E-state index contributed by atoms with van der Waals surface area (Å²) in [5, 5.41) is 4.33. The van der Waals surface area contributed by atoms with Gasteiger partial charge in [-0.05, 0) is 38.0 Å². The molecular weight excluding hydrogens is 303 g/mol. The normalized spacial score (nSPS) is 13.5. The van der Waals surface area contributed by atoms with Gasteiger partial charge in [-0.15, -0.1) is 0 Å².